The van der Waals surface area contributed by atoms with Crippen molar-refractivity contribution in [2.24, 2.45) is 0 Å². The lowest BCUT2D eigenvalue weighted by Crippen LogP contribution is -2.03. The van der Waals surface area contributed by atoms with Crippen LogP contribution in [0.5, 0.6) is 0 Å². The molecule has 0 fully saturated rings. The van der Waals surface area contributed by atoms with Crippen LogP contribution < -0.4 is 0 Å². The van der Waals surface area contributed by atoms with Crippen molar-refractivity contribution in [3.63, 3.8) is 0 Å². The first-order chi connectivity index (χ1) is 8.63. The maximum atomic E-state index is 11.8. The first-order valence-electron chi connectivity index (χ1n) is 6.59. The number of hydrogen-bond acceptors (Lipinski definition) is 1. The zero-order valence-corrected chi connectivity index (χ0v) is 12.4. The SMILES string of the molecule is CCCCCCCC(=O)Cc1ccc(Cl)cc1Cl. The zero-order valence-electron chi connectivity index (χ0n) is 10.8. The monoisotopic (exact) mass is 286 g/mol. The minimum absolute atomic E-state index is 0.260. The highest BCUT2D eigenvalue weighted by Gasteiger charge is 2.07. The van der Waals surface area contributed by atoms with Crippen molar-refractivity contribution in [3.8, 4) is 0 Å². The molecule has 1 aromatic rings. The van der Waals surface area contributed by atoms with Gasteiger partial charge in [0.15, 0.2) is 0 Å². The molecule has 0 radical (unpaired) electrons. The van der Waals surface area contributed by atoms with Crippen LogP contribution in [0.2, 0.25) is 10.0 Å². The highest BCUT2D eigenvalue weighted by Crippen LogP contribution is 2.22. The molecule has 0 saturated heterocycles. The second-order valence-corrected chi connectivity index (χ2v) is 5.46. The van der Waals surface area contributed by atoms with Gasteiger partial charge in [0.1, 0.15) is 5.78 Å². The number of rotatable bonds is 8. The summed E-state index contributed by atoms with van der Waals surface area (Å²) in [6.07, 6.45) is 6.93. The van der Waals surface area contributed by atoms with Crippen molar-refractivity contribution in [1.29, 1.82) is 0 Å². The first kappa shape index (κ1) is 15.5. The molecule has 0 saturated carbocycles. The molecule has 0 aromatic heterocycles. The fraction of sp³-hybridized carbons (Fsp3) is 0.533. The predicted molar refractivity (Wildman–Crippen MR) is 78.5 cm³/mol. The number of ketones is 1. The van der Waals surface area contributed by atoms with E-state index < -0.39 is 0 Å². The third-order valence-electron chi connectivity index (χ3n) is 2.96. The Kier molecular flexibility index (Phi) is 7.38. The van der Waals surface area contributed by atoms with E-state index in [9.17, 15) is 4.79 Å². The zero-order chi connectivity index (χ0) is 13.4. The van der Waals surface area contributed by atoms with E-state index in [1.165, 1.54) is 19.3 Å². The van der Waals surface area contributed by atoms with Gasteiger partial charge < -0.3 is 0 Å². The van der Waals surface area contributed by atoms with Gasteiger partial charge >= 0.3 is 0 Å². The van der Waals surface area contributed by atoms with E-state index in [4.69, 9.17) is 23.2 Å². The van der Waals surface area contributed by atoms with E-state index >= 15 is 0 Å². The van der Waals surface area contributed by atoms with Crippen LogP contribution >= 0.6 is 23.2 Å². The van der Waals surface area contributed by atoms with E-state index in [0.29, 0.717) is 22.9 Å². The summed E-state index contributed by atoms with van der Waals surface area (Å²) in [6, 6.07) is 5.30. The normalized spacial score (nSPS) is 10.6. The summed E-state index contributed by atoms with van der Waals surface area (Å²) in [5, 5.41) is 1.19. The van der Waals surface area contributed by atoms with Crippen molar-refractivity contribution >= 4 is 29.0 Å². The van der Waals surface area contributed by atoms with Gasteiger partial charge in [0.05, 0.1) is 0 Å². The summed E-state index contributed by atoms with van der Waals surface area (Å²) in [5.41, 5.74) is 0.875. The minimum Gasteiger partial charge on any atom is -0.299 e. The second-order valence-electron chi connectivity index (χ2n) is 4.62. The summed E-state index contributed by atoms with van der Waals surface area (Å²) in [6.45, 7) is 2.19. The van der Waals surface area contributed by atoms with Crippen molar-refractivity contribution in [2.45, 2.75) is 51.9 Å². The lowest BCUT2D eigenvalue weighted by Gasteiger charge is -2.04. The fourth-order valence-corrected chi connectivity index (χ4v) is 2.37. The molecule has 100 valence electrons. The average Bonchev–Trinajstić information content (AvgIpc) is 2.32. The number of Topliss-reactive ketones (excluding diaryl/α,β-unsaturated/α-hetero) is 1. The van der Waals surface area contributed by atoms with Gasteiger partial charge in [-0.3, -0.25) is 4.79 Å². The molecule has 0 aliphatic rings. The minimum atomic E-state index is 0.260. The van der Waals surface area contributed by atoms with Gasteiger partial charge in [-0.15, -0.1) is 0 Å². The molecule has 1 rings (SSSR count). The molecule has 0 atom stereocenters. The van der Waals surface area contributed by atoms with Crippen LogP contribution in [0.25, 0.3) is 0 Å². The van der Waals surface area contributed by atoms with Gasteiger partial charge in [0.2, 0.25) is 0 Å². The van der Waals surface area contributed by atoms with Crippen LogP contribution in [0.4, 0.5) is 0 Å². The Morgan fingerprint density at radius 2 is 1.83 bits per heavy atom. The Balaban J connectivity index is 2.31. The van der Waals surface area contributed by atoms with E-state index in [1.807, 2.05) is 6.07 Å². The third kappa shape index (κ3) is 5.88. The van der Waals surface area contributed by atoms with Crippen molar-refractivity contribution in [1.82, 2.24) is 0 Å². The van der Waals surface area contributed by atoms with Crippen LogP contribution in [-0.2, 0) is 11.2 Å². The van der Waals surface area contributed by atoms with Crippen molar-refractivity contribution in [2.75, 3.05) is 0 Å². The largest absolute Gasteiger partial charge is 0.299 e. The Labute approximate surface area is 119 Å². The molecule has 0 spiro atoms. The van der Waals surface area contributed by atoms with Gasteiger partial charge in [-0.2, -0.15) is 0 Å². The van der Waals surface area contributed by atoms with Crippen LogP contribution in [0.3, 0.4) is 0 Å². The first-order valence-corrected chi connectivity index (χ1v) is 7.34. The molecule has 0 heterocycles. The maximum absolute atomic E-state index is 11.8. The van der Waals surface area contributed by atoms with Crippen LogP contribution in [0, 0.1) is 0 Å². The fourth-order valence-electron chi connectivity index (χ4n) is 1.89. The molecule has 0 aliphatic carbocycles. The third-order valence-corrected chi connectivity index (χ3v) is 3.55. The van der Waals surface area contributed by atoms with E-state index in [2.05, 4.69) is 6.92 Å². The quantitative estimate of drug-likeness (QED) is 0.580. The molecule has 3 heteroatoms. The number of carbonyl (C=O) groups is 1. The maximum Gasteiger partial charge on any atom is 0.137 e. The summed E-state index contributed by atoms with van der Waals surface area (Å²) in [7, 11) is 0. The van der Waals surface area contributed by atoms with Crippen LogP contribution in [-0.4, -0.2) is 5.78 Å². The van der Waals surface area contributed by atoms with Crippen molar-refractivity contribution < 1.29 is 4.79 Å². The Bertz CT molecular complexity index is 388. The Morgan fingerprint density at radius 3 is 2.50 bits per heavy atom. The van der Waals surface area contributed by atoms with Crippen LogP contribution in [0.1, 0.15) is 51.0 Å². The molecular formula is C15H20Cl2O. The molecule has 0 aliphatic heterocycles. The van der Waals surface area contributed by atoms with Gasteiger partial charge in [0.25, 0.3) is 0 Å². The standard InChI is InChI=1S/C15H20Cl2O/c1-2-3-4-5-6-7-14(18)10-12-8-9-13(16)11-15(12)17/h8-9,11H,2-7,10H2,1H3. The summed E-state index contributed by atoms with van der Waals surface area (Å²) >= 11 is 11.9. The molecule has 1 aromatic carbocycles. The van der Waals surface area contributed by atoms with Gasteiger partial charge in [-0.05, 0) is 24.1 Å². The number of hydrogen-bond donors (Lipinski definition) is 0. The molecule has 0 unspecified atom stereocenters. The van der Waals surface area contributed by atoms with Gasteiger partial charge in [-0.1, -0.05) is 61.9 Å². The summed E-state index contributed by atoms with van der Waals surface area (Å²) in [5.74, 6) is 0.260. The average molecular weight is 287 g/mol. The van der Waals surface area contributed by atoms with Crippen molar-refractivity contribution in [3.05, 3.63) is 33.8 Å². The molecule has 0 amide bonds. The van der Waals surface area contributed by atoms with Gasteiger partial charge in [-0.25, -0.2) is 0 Å². The number of unbranched alkanes of at least 4 members (excludes halogenated alkanes) is 4. The molecule has 0 bridgehead atoms. The number of halogens is 2. The smallest absolute Gasteiger partial charge is 0.137 e. The second kappa shape index (κ2) is 8.55. The highest BCUT2D eigenvalue weighted by molar-refractivity contribution is 6.35. The summed E-state index contributed by atoms with van der Waals surface area (Å²) in [4.78, 5) is 11.8. The Hall–Kier alpha value is -0.530. The topological polar surface area (TPSA) is 17.1 Å². The molecule has 1 nitrogen and oxygen atoms in total. The lowest BCUT2D eigenvalue weighted by molar-refractivity contribution is -0.118. The number of benzene rings is 1. The Morgan fingerprint density at radius 1 is 1.11 bits per heavy atom. The predicted octanol–water partition coefficient (Wildman–Crippen LogP) is 5.47. The lowest BCUT2D eigenvalue weighted by atomic mass is 10.0. The summed E-state index contributed by atoms with van der Waals surface area (Å²) < 4.78 is 0. The van der Waals surface area contributed by atoms with Gasteiger partial charge in [0, 0.05) is 22.9 Å². The molecule has 18 heavy (non-hydrogen) atoms. The number of carbonyl (C=O) groups excluding carboxylic acids is 1. The molecular weight excluding hydrogens is 267 g/mol. The van der Waals surface area contributed by atoms with E-state index in [1.54, 1.807) is 12.1 Å². The highest BCUT2D eigenvalue weighted by atomic mass is 35.5. The molecule has 0 N–H and O–H groups in total. The van der Waals surface area contributed by atoms with E-state index in [0.717, 1.165) is 18.4 Å². The van der Waals surface area contributed by atoms with Crippen LogP contribution in [0.15, 0.2) is 18.2 Å². The van der Waals surface area contributed by atoms with E-state index in [-0.39, 0.29) is 5.78 Å².